The van der Waals surface area contributed by atoms with E-state index in [0.29, 0.717) is 48.3 Å². The molecule has 4 atom stereocenters. The number of likely N-dealkylation sites (tertiary alicyclic amines) is 1. The minimum atomic E-state index is -0.981. The molecule has 1 aliphatic carbocycles. The topological polar surface area (TPSA) is 152 Å². The number of fused-ring (bicyclic) bond motifs is 7. The molecule has 1 saturated carbocycles. The number of piperidine rings is 1. The minimum Gasteiger partial charge on any atom is -0.461 e. The molecule has 1 N–H and O–H groups in total. The molecule has 3 aromatic heterocycles. The lowest BCUT2D eigenvalue weighted by molar-refractivity contribution is 0.0127. The standard InChI is InChI=1S/C43H48F3N7O6S/c1-41(2,3)58-39(54)51-37-24(13-47)31-33(48-14-27(45)36(31)60-37)29-25-18-56-19-26(25)30-34(28-21-8-9-22(28)16-52(15-21)40(55)59-42(4,5)6)49-38(50-35(30)32(29)46)57-20-43-10-7-11-53(43)17-23(44)12-43/h14,21-23,28H,7-12,15-20H2,1-6H3,(H,51,54)/t21?,22?,23-,28?,43+/m1/s1. The first kappa shape index (κ1) is 40.6. The average Bonchev–Trinajstić information content (AvgIpc) is 3.98. The smallest absolute Gasteiger partial charge is 0.412 e. The third-order valence-corrected chi connectivity index (χ3v) is 13.6. The second kappa shape index (κ2) is 14.7. The molecule has 17 heteroatoms. The van der Waals surface area contributed by atoms with E-state index in [9.17, 15) is 19.2 Å². The van der Waals surface area contributed by atoms with Gasteiger partial charge in [0.1, 0.15) is 40.6 Å². The van der Waals surface area contributed by atoms with E-state index in [4.69, 9.17) is 28.9 Å². The summed E-state index contributed by atoms with van der Waals surface area (Å²) in [5, 5.41) is 13.6. The van der Waals surface area contributed by atoms with Gasteiger partial charge in [-0.2, -0.15) is 15.2 Å². The first-order chi connectivity index (χ1) is 28.4. The number of nitrogens with zero attached hydrogens (tertiary/aromatic N) is 6. The molecule has 2 bridgehead atoms. The van der Waals surface area contributed by atoms with Crippen LogP contribution in [0, 0.1) is 34.8 Å². The lowest BCUT2D eigenvalue weighted by Gasteiger charge is -2.38. The summed E-state index contributed by atoms with van der Waals surface area (Å²) in [6.45, 7) is 12.8. The maximum absolute atomic E-state index is 17.9. The van der Waals surface area contributed by atoms with Gasteiger partial charge < -0.3 is 23.8 Å². The van der Waals surface area contributed by atoms with Crippen molar-refractivity contribution < 1.29 is 41.7 Å². The lowest BCUT2D eigenvalue weighted by Crippen LogP contribution is -2.46. The summed E-state index contributed by atoms with van der Waals surface area (Å²) >= 11 is 0.826. The van der Waals surface area contributed by atoms with Crippen molar-refractivity contribution in [2.75, 3.05) is 38.1 Å². The van der Waals surface area contributed by atoms with E-state index in [1.807, 2.05) is 20.8 Å². The normalized spacial score (nSPS) is 25.1. The Bertz CT molecular complexity index is 2470. The quantitative estimate of drug-likeness (QED) is 0.198. The van der Waals surface area contributed by atoms with E-state index in [1.165, 1.54) is 0 Å². The summed E-state index contributed by atoms with van der Waals surface area (Å²) in [4.78, 5) is 44.3. The molecule has 0 spiro atoms. The van der Waals surface area contributed by atoms with Gasteiger partial charge in [0.15, 0.2) is 11.6 Å². The first-order valence-corrected chi connectivity index (χ1v) is 21.4. The molecule has 9 rings (SSSR count). The summed E-state index contributed by atoms with van der Waals surface area (Å²) in [7, 11) is 0. The second-order valence-electron chi connectivity index (χ2n) is 18.8. The van der Waals surface area contributed by atoms with Crippen LogP contribution in [0.4, 0.5) is 27.8 Å². The number of amides is 2. The zero-order valence-corrected chi connectivity index (χ0v) is 35.4. The number of nitriles is 1. The zero-order valence-electron chi connectivity index (χ0n) is 34.5. The summed E-state index contributed by atoms with van der Waals surface area (Å²) in [6, 6.07) is 2.03. The van der Waals surface area contributed by atoms with Crippen LogP contribution in [0.5, 0.6) is 6.01 Å². The van der Waals surface area contributed by atoms with Gasteiger partial charge in [-0.1, -0.05) is 0 Å². The molecular weight excluding hydrogens is 800 g/mol. The first-order valence-electron chi connectivity index (χ1n) is 20.6. The number of aromatic nitrogens is 3. The molecule has 1 aromatic carbocycles. The fraction of sp³-hybridized carbons (Fsp3) is 0.581. The van der Waals surface area contributed by atoms with E-state index in [2.05, 4.69) is 21.3 Å². The molecular formula is C43H48F3N7O6S. The van der Waals surface area contributed by atoms with Crippen LogP contribution in [0.25, 0.3) is 32.2 Å². The Morgan fingerprint density at radius 2 is 1.75 bits per heavy atom. The number of thiophene rings is 1. The Kier molecular flexibility index (Phi) is 9.94. The summed E-state index contributed by atoms with van der Waals surface area (Å²) < 4.78 is 72.0. The van der Waals surface area contributed by atoms with Crippen LogP contribution < -0.4 is 10.1 Å². The highest BCUT2D eigenvalue weighted by molar-refractivity contribution is 7.23. The van der Waals surface area contributed by atoms with Crippen LogP contribution in [0.1, 0.15) is 102 Å². The Labute approximate surface area is 349 Å². The van der Waals surface area contributed by atoms with Gasteiger partial charge >= 0.3 is 18.2 Å². The number of ether oxygens (including phenoxy) is 4. The van der Waals surface area contributed by atoms with Gasteiger partial charge in [0.25, 0.3) is 0 Å². The number of pyridine rings is 1. The predicted molar refractivity (Wildman–Crippen MR) is 216 cm³/mol. The average molecular weight is 848 g/mol. The number of hydrogen-bond donors (Lipinski definition) is 1. The highest BCUT2D eigenvalue weighted by atomic mass is 32.1. The van der Waals surface area contributed by atoms with Crippen molar-refractivity contribution in [3.05, 3.63) is 40.2 Å². The van der Waals surface area contributed by atoms with Crippen molar-refractivity contribution in [3.63, 3.8) is 0 Å². The van der Waals surface area contributed by atoms with Crippen molar-refractivity contribution in [3.8, 4) is 23.3 Å². The molecule has 7 heterocycles. The van der Waals surface area contributed by atoms with Gasteiger partial charge in [-0.3, -0.25) is 15.2 Å². The zero-order chi connectivity index (χ0) is 42.5. The van der Waals surface area contributed by atoms with E-state index in [1.54, 1.807) is 25.7 Å². The van der Waals surface area contributed by atoms with Crippen molar-refractivity contribution >= 4 is 49.5 Å². The molecule has 60 heavy (non-hydrogen) atoms. The van der Waals surface area contributed by atoms with Crippen molar-refractivity contribution in [1.82, 2.24) is 24.8 Å². The number of benzene rings is 1. The Morgan fingerprint density at radius 3 is 2.45 bits per heavy atom. The van der Waals surface area contributed by atoms with Gasteiger partial charge in [-0.25, -0.2) is 22.8 Å². The number of halogens is 3. The van der Waals surface area contributed by atoms with Crippen LogP contribution >= 0.6 is 11.3 Å². The SMILES string of the molecule is CC(C)(C)OC(=O)Nc1sc2c(F)cnc(-c3c4c(c5c(C6C7CCC6CN(C(=O)OC(C)(C)C)C7)nc(OC[C@@]67CCCN6C[C@H](F)C7)nc5c3F)COC4)c2c1C#N. The highest BCUT2D eigenvalue weighted by Crippen LogP contribution is 2.53. The van der Waals surface area contributed by atoms with Crippen LogP contribution in [0.15, 0.2) is 6.20 Å². The van der Waals surface area contributed by atoms with E-state index >= 15 is 8.78 Å². The van der Waals surface area contributed by atoms with Crippen LogP contribution in [-0.2, 0) is 27.4 Å². The summed E-state index contributed by atoms with van der Waals surface area (Å²) in [6.07, 6.45) is 2.39. The number of alkyl halides is 1. The number of rotatable bonds is 6. The fourth-order valence-electron chi connectivity index (χ4n) is 10.2. The van der Waals surface area contributed by atoms with Crippen LogP contribution in [0.2, 0.25) is 0 Å². The van der Waals surface area contributed by atoms with Crippen molar-refractivity contribution in [2.24, 2.45) is 11.8 Å². The lowest BCUT2D eigenvalue weighted by atomic mass is 9.80. The Morgan fingerprint density at radius 1 is 1.03 bits per heavy atom. The molecule has 4 fully saturated rings. The molecule has 2 amide bonds. The van der Waals surface area contributed by atoms with Crippen LogP contribution in [-0.4, -0.2) is 92.6 Å². The second-order valence-corrected chi connectivity index (χ2v) is 19.9. The van der Waals surface area contributed by atoms with Crippen LogP contribution in [0.3, 0.4) is 0 Å². The maximum Gasteiger partial charge on any atom is 0.412 e. The Hall–Kier alpha value is -4.79. The monoisotopic (exact) mass is 847 g/mol. The molecule has 4 aliphatic heterocycles. The van der Waals surface area contributed by atoms with E-state index in [0.717, 1.165) is 49.8 Å². The third kappa shape index (κ3) is 7.07. The molecule has 0 radical (unpaired) electrons. The summed E-state index contributed by atoms with van der Waals surface area (Å²) in [5.41, 5.74) is -0.469. The molecule has 2 unspecified atom stereocenters. The molecule has 318 valence electrons. The minimum absolute atomic E-state index is 0.00130. The van der Waals surface area contributed by atoms with Crippen molar-refractivity contribution in [2.45, 2.75) is 116 Å². The molecule has 4 aromatic rings. The maximum atomic E-state index is 17.9. The molecule has 5 aliphatic rings. The Balaban J connectivity index is 1.20. The number of nitrogens with one attached hydrogen (secondary N) is 1. The highest BCUT2D eigenvalue weighted by Gasteiger charge is 2.50. The third-order valence-electron chi connectivity index (χ3n) is 12.5. The molecule has 13 nitrogen and oxygen atoms in total. The largest absolute Gasteiger partial charge is 0.461 e. The number of anilines is 1. The van der Waals surface area contributed by atoms with Gasteiger partial charge in [-0.15, -0.1) is 11.3 Å². The van der Waals surface area contributed by atoms with Gasteiger partial charge in [-0.05, 0) is 96.7 Å². The van der Waals surface area contributed by atoms with E-state index < -0.39 is 40.6 Å². The molecule has 3 saturated heterocycles. The number of carbonyl (C=O) groups excluding carboxylic acids is 2. The van der Waals surface area contributed by atoms with Gasteiger partial charge in [0.2, 0.25) is 0 Å². The fourth-order valence-corrected chi connectivity index (χ4v) is 11.3. The summed E-state index contributed by atoms with van der Waals surface area (Å²) in [5.74, 6) is -1.75. The van der Waals surface area contributed by atoms with Crippen molar-refractivity contribution in [1.29, 1.82) is 5.26 Å². The number of hydrogen-bond acceptors (Lipinski definition) is 12. The van der Waals surface area contributed by atoms with Gasteiger partial charge in [0.05, 0.1) is 46.6 Å². The predicted octanol–water partition coefficient (Wildman–Crippen LogP) is 8.75. The van der Waals surface area contributed by atoms with E-state index in [-0.39, 0.29) is 87.1 Å². The van der Waals surface area contributed by atoms with Gasteiger partial charge in [0, 0.05) is 48.3 Å². The number of carbonyl (C=O) groups is 2.